The summed E-state index contributed by atoms with van der Waals surface area (Å²) >= 11 is 0. The molecule has 0 fully saturated rings. The van der Waals surface area contributed by atoms with Gasteiger partial charge in [-0.05, 0) is 5.92 Å². The van der Waals surface area contributed by atoms with Gasteiger partial charge in [0.05, 0.1) is 0 Å². The molecule has 0 amide bonds. The number of aliphatic hydroxyl groups excluding tert-OH is 1. The summed E-state index contributed by atoms with van der Waals surface area (Å²) in [5.74, 6) is 0.756. The van der Waals surface area contributed by atoms with Gasteiger partial charge in [0, 0.05) is 37.5 Å². The molecule has 5 heteroatoms. The minimum Gasteiger partial charge on any atom is -0.396 e. The fraction of sp³-hybridized carbons (Fsp3) is 0.692. The van der Waals surface area contributed by atoms with Crippen LogP contribution < -0.4 is 10.9 Å². The van der Waals surface area contributed by atoms with Crippen molar-refractivity contribution >= 4 is 5.82 Å². The monoisotopic (exact) mass is 253 g/mol. The summed E-state index contributed by atoms with van der Waals surface area (Å²) in [6, 6.07) is 0. The highest BCUT2D eigenvalue weighted by Gasteiger charge is 2.17. The topological polar surface area (TPSA) is 67.2 Å². The van der Waals surface area contributed by atoms with Crippen molar-refractivity contribution in [2.24, 2.45) is 11.3 Å². The van der Waals surface area contributed by atoms with Crippen molar-refractivity contribution in [3.05, 3.63) is 22.7 Å². The lowest BCUT2D eigenvalue weighted by Crippen LogP contribution is -2.31. The molecule has 0 bridgehead atoms. The lowest BCUT2D eigenvalue weighted by molar-refractivity contribution is 0.170. The Morgan fingerprint density at radius 2 is 2.17 bits per heavy atom. The van der Waals surface area contributed by atoms with Crippen molar-refractivity contribution in [2.45, 2.75) is 34.2 Å². The maximum absolute atomic E-state index is 12.1. The smallest absolute Gasteiger partial charge is 0.293 e. The van der Waals surface area contributed by atoms with Crippen molar-refractivity contribution in [1.29, 1.82) is 0 Å². The van der Waals surface area contributed by atoms with Gasteiger partial charge in [-0.2, -0.15) is 0 Å². The number of hydrogen-bond donors (Lipinski definition) is 2. The van der Waals surface area contributed by atoms with Gasteiger partial charge in [-0.25, -0.2) is 4.98 Å². The van der Waals surface area contributed by atoms with Crippen LogP contribution in [0.25, 0.3) is 0 Å². The largest absolute Gasteiger partial charge is 0.396 e. The SMILES string of the molecule is CC(C)Cn1ccnc(NCC(C)(C)CO)c1=O. The van der Waals surface area contributed by atoms with Gasteiger partial charge in [0.1, 0.15) is 0 Å². The minimum atomic E-state index is -0.271. The minimum absolute atomic E-state index is 0.0625. The third-order valence-corrected chi connectivity index (χ3v) is 2.64. The number of aliphatic hydroxyl groups is 1. The van der Waals surface area contributed by atoms with Gasteiger partial charge in [-0.15, -0.1) is 0 Å². The van der Waals surface area contributed by atoms with Gasteiger partial charge in [-0.1, -0.05) is 27.7 Å². The molecule has 18 heavy (non-hydrogen) atoms. The fourth-order valence-corrected chi connectivity index (χ4v) is 1.48. The number of nitrogens with zero attached hydrogens (tertiary/aromatic N) is 2. The van der Waals surface area contributed by atoms with E-state index in [1.807, 2.05) is 13.8 Å². The maximum Gasteiger partial charge on any atom is 0.293 e. The lowest BCUT2D eigenvalue weighted by atomic mass is 9.95. The molecular weight excluding hydrogens is 230 g/mol. The van der Waals surface area contributed by atoms with Crippen LogP contribution in [-0.4, -0.2) is 27.8 Å². The van der Waals surface area contributed by atoms with Crippen molar-refractivity contribution in [1.82, 2.24) is 9.55 Å². The first-order valence-electron chi connectivity index (χ1n) is 6.26. The standard InChI is InChI=1S/C13H23N3O2/c1-10(2)7-16-6-5-14-11(12(16)18)15-8-13(3,4)9-17/h5-6,10,17H,7-9H2,1-4H3,(H,14,15). The quantitative estimate of drug-likeness (QED) is 0.802. The summed E-state index contributed by atoms with van der Waals surface area (Å²) in [6.07, 6.45) is 3.32. The third kappa shape index (κ3) is 4.14. The van der Waals surface area contributed by atoms with Gasteiger partial charge in [0.2, 0.25) is 0 Å². The Bertz CT molecular complexity index is 438. The van der Waals surface area contributed by atoms with E-state index < -0.39 is 0 Å². The van der Waals surface area contributed by atoms with Crippen molar-refractivity contribution in [3.8, 4) is 0 Å². The average molecular weight is 253 g/mol. The van der Waals surface area contributed by atoms with Crippen LogP contribution in [0.5, 0.6) is 0 Å². The summed E-state index contributed by atoms with van der Waals surface area (Å²) in [4.78, 5) is 16.1. The maximum atomic E-state index is 12.1. The summed E-state index contributed by atoms with van der Waals surface area (Å²) in [5.41, 5.74) is -0.382. The first-order chi connectivity index (χ1) is 8.35. The van der Waals surface area contributed by atoms with Crippen LogP contribution >= 0.6 is 0 Å². The lowest BCUT2D eigenvalue weighted by Gasteiger charge is -2.22. The van der Waals surface area contributed by atoms with Crippen LogP contribution in [-0.2, 0) is 6.54 Å². The number of hydrogen-bond acceptors (Lipinski definition) is 4. The second-order valence-corrected chi connectivity index (χ2v) is 5.80. The predicted octanol–water partition coefficient (Wildman–Crippen LogP) is 1.33. The van der Waals surface area contributed by atoms with E-state index in [2.05, 4.69) is 24.1 Å². The first-order valence-corrected chi connectivity index (χ1v) is 6.26. The van der Waals surface area contributed by atoms with Crippen molar-refractivity contribution in [3.63, 3.8) is 0 Å². The van der Waals surface area contributed by atoms with Gasteiger partial charge in [0.25, 0.3) is 5.56 Å². The molecular formula is C13H23N3O2. The number of anilines is 1. The molecule has 0 aromatic carbocycles. The molecule has 0 aliphatic heterocycles. The molecule has 1 rings (SSSR count). The highest BCUT2D eigenvalue weighted by molar-refractivity contribution is 5.31. The van der Waals surface area contributed by atoms with E-state index >= 15 is 0 Å². The Labute approximate surface area is 108 Å². The van der Waals surface area contributed by atoms with E-state index in [0.717, 1.165) is 0 Å². The summed E-state index contributed by atoms with van der Waals surface area (Å²) in [5, 5.41) is 12.2. The number of rotatable bonds is 6. The molecule has 0 saturated carbocycles. The summed E-state index contributed by atoms with van der Waals surface area (Å²) in [6.45, 7) is 9.23. The first kappa shape index (κ1) is 14.7. The van der Waals surface area contributed by atoms with Crippen molar-refractivity contribution < 1.29 is 5.11 Å². The van der Waals surface area contributed by atoms with Crippen molar-refractivity contribution in [2.75, 3.05) is 18.5 Å². The second kappa shape index (κ2) is 6.00. The van der Waals surface area contributed by atoms with E-state index in [1.54, 1.807) is 17.0 Å². The third-order valence-electron chi connectivity index (χ3n) is 2.64. The highest BCUT2D eigenvalue weighted by Crippen LogP contribution is 2.13. The molecule has 0 atom stereocenters. The van der Waals surface area contributed by atoms with Gasteiger partial charge >= 0.3 is 0 Å². The van der Waals surface area contributed by atoms with E-state index in [-0.39, 0.29) is 17.6 Å². The number of aromatic nitrogens is 2. The highest BCUT2D eigenvalue weighted by atomic mass is 16.3. The molecule has 102 valence electrons. The van der Waals surface area contributed by atoms with Gasteiger partial charge < -0.3 is 15.0 Å². The van der Waals surface area contributed by atoms with Crippen LogP contribution in [0.2, 0.25) is 0 Å². The second-order valence-electron chi connectivity index (χ2n) is 5.80. The molecule has 1 aromatic heterocycles. The van der Waals surface area contributed by atoms with E-state index in [1.165, 1.54) is 0 Å². The molecule has 0 aliphatic rings. The fourth-order valence-electron chi connectivity index (χ4n) is 1.48. The average Bonchev–Trinajstić information content (AvgIpc) is 2.30. The molecule has 5 nitrogen and oxygen atoms in total. The van der Waals surface area contributed by atoms with Crippen LogP contribution in [0.15, 0.2) is 17.2 Å². The zero-order valence-electron chi connectivity index (χ0n) is 11.6. The predicted molar refractivity (Wildman–Crippen MR) is 72.7 cm³/mol. The molecule has 0 spiro atoms. The normalized spacial score (nSPS) is 11.9. The zero-order valence-corrected chi connectivity index (χ0v) is 11.6. The van der Waals surface area contributed by atoms with Crippen LogP contribution in [0.4, 0.5) is 5.82 Å². The van der Waals surface area contributed by atoms with Crippen LogP contribution in [0.1, 0.15) is 27.7 Å². The Morgan fingerprint density at radius 1 is 1.50 bits per heavy atom. The molecule has 2 N–H and O–H groups in total. The molecule has 1 heterocycles. The Balaban J connectivity index is 2.81. The molecule has 0 saturated heterocycles. The van der Waals surface area contributed by atoms with E-state index in [0.29, 0.717) is 24.8 Å². The van der Waals surface area contributed by atoms with Gasteiger partial charge in [-0.3, -0.25) is 4.79 Å². The molecule has 0 radical (unpaired) electrons. The molecule has 0 unspecified atom stereocenters. The summed E-state index contributed by atoms with van der Waals surface area (Å²) in [7, 11) is 0. The molecule has 0 aliphatic carbocycles. The molecule has 1 aromatic rings. The zero-order chi connectivity index (χ0) is 13.8. The van der Waals surface area contributed by atoms with E-state index in [4.69, 9.17) is 0 Å². The van der Waals surface area contributed by atoms with Crippen LogP contribution in [0.3, 0.4) is 0 Å². The number of nitrogens with one attached hydrogen (secondary N) is 1. The Kier molecular flexibility index (Phi) is 4.90. The Morgan fingerprint density at radius 3 is 2.72 bits per heavy atom. The Hall–Kier alpha value is -1.36. The summed E-state index contributed by atoms with van der Waals surface area (Å²) < 4.78 is 1.66. The van der Waals surface area contributed by atoms with Crippen LogP contribution in [0, 0.1) is 11.3 Å². The van der Waals surface area contributed by atoms with E-state index in [9.17, 15) is 9.90 Å². The van der Waals surface area contributed by atoms with Gasteiger partial charge in [0.15, 0.2) is 5.82 Å².